The Kier molecular flexibility index (Phi) is 2.12. The molecule has 1 aromatic heterocycles. The molecule has 1 aromatic rings. The Labute approximate surface area is 64.4 Å². The van der Waals surface area contributed by atoms with E-state index in [9.17, 15) is 4.79 Å². The number of aryl methyl sites for hydroxylation is 1. The van der Waals surface area contributed by atoms with Crippen molar-refractivity contribution in [3.8, 4) is 0 Å². The summed E-state index contributed by atoms with van der Waals surface area (Å²) in [6.07, 6.45) is 2.57. The van der Waals surface area contributed by atoms with Crippen LogP contribution >= 0.6 is 11.6 Å². The minimum atomic E-state index is 0.525. The van der Waals surface area contributed by atoms with Gasteiger partial charge in [-0.25, -0.2) is 0 Å². The van der Waals surface area contributed by atoms with Gasteiger partial charge in [0.1, 0.15) is 0 Å². The van der Waals surface area contributed by atoms with E-state index in [0.29, 0.717) is 10.7 Å². The van der Waals surface area contributed by atoms with Gasteiger partial charge in [0.05, 0.1) is 10.7 Å². The Morgan fingerprint density at radius 1 is 1.80 bits per heavy atom. The van der Waals surface area contributed by atoms with Crippen molar-refractivity contribution < 1.29 is 4.79 Å². The number of aromatic nitrogens is 1. The lowest BCUT2D eigenvalue weighted by molar-refractivity contribution is 0.111. The van der Waals surface area contributed by atoms with Gasteiger partial charge >= 0.3 is 0 Å². The first kappa shape index (κ1) is 7.35. The summed E-state index contributed by atoms with van der Waals surface area (Å²) in [5, 5.41) is 0.525. The molecule has 0 aromatic carbocycles. The van der Waals surface area contributed by atoms with Crippen LogP contribution in [0.3, 0.4) is 0 Å². The van der Waals surface area contributed by atoms with Crippen molar-refractivity contribution in [1.29, 1.82) is 0 Å². The average molecular weight is 158 g/mol. The Morgan fingerprint density at radius 3 is 2.90 bits per heavy atom. The zero-order valence-electron chi connectivity index (χ0n) is 5.67. The molecule has 0 amide bonds. The van der Waals surface area contributed by atoms with Crippen molar-refractivity contribution in [3.63, 3.8) is 0 Å². The largest absolute Gasteiger partial charge is 0.344 e. The molecule has 1 heterocycles. The molecule has 0 aliphatic carbocycles. The molecule has 0 fully saturated rings. The first-order valence-corrected chi connectivity index (χ1v) is 3.47. The molecule has 3 heteroatoms. The quantitative estimate of drug-likeness (QED) is 0.602. The van der Waals surface area contributed by atoms with Crippen molar-refractivity contribution in [2.24, 2.45) is 0 Å². The molecule has 0 unspecified atom stereocenters. The molecule has 0 saturated heterocycles. The summed E-state index contributed by atoms with van der Waals surface area (Å²) in [5.41, 5.74) is 0.559. The topological polar surface area (TPSA) is 22.0 Å². The second-order valence-corrected chi connectivity index (χ2v) is 2.36. The van der Waals surface area contributed by atoms with E-state index >= 15 is 0 Å². The third-order valence-electron chi connectivity index (χ3n) is 1.41. The Morgan fingerprint density at radius 2 is 2.50 bits per heavy atom. The van der Waals surface area contributed by atoms with E-state index in [4.69, 9.17) is 11.6 Å². The predicted molar refractivity (Wildman–Crippen MR) is 40.5 cm³/mol. The summed E-state index contributed by atoms with van der Waals surface area (Å²) in [4.78, 5) is 10.4. The van der Waals surface area contributed by atoms with Gasteiger partial charge in [0.15, 0.2) is 6.29 Å². The second kappa shape index (κ2) is 2.88. The monoisotopic (exact) mass is 157 g/mol. The predicted octanol–water partition coefficient (Wildman–Crippen LogP) is 1.97. The highest BCUT2D eigenvalue weighted by atomic mass is 35.5. The van der Waals surface area contributed by atoms with Crippen LogP contribution in [0.15, 0.2) is 12.3 Å². The van der Waals surface area contributed by atoms with Crippen LogP contribution in [0.2, 0.25) is 5.02 Å². The molecule has 0 aliphatic rings. The molecule has 0 atom stereocenters. The highest BCUT2D eigenvalue weighted by Crippen LogP contribution is 2.14. The normalized spacial score (nSPS) is 9.80. The summed E-state index contributed by atoms with van der Waals surface area (Å²) >= 11 is 5.67. The lowest BCUT2D eigenvalue weighted by Gasteiger charge is -1.97. The van der Waals surface area contributed by atoms with Crippen molar-refractivity contribution in [2.45, 2.75) is 13.5 Å². The van der Waals surface area contributed by atoms with Crippen molar-refractivity contribution in [1.82, 2.24) is 4.57 Å². The lowest BCUT2D eigenvalue weighted by Crippen LogP contribution is -1.97. The average Bonchev–Trinajstić information content (AvgIpc) is 2.30. The van der Waals surface area contributed by atoms with E-state index in [1.807, 2.05) is 6.92 Å². The maximum atomic E-state index is 10.4. The zero-order chi connectivity index (χ0) is 7.56. The standard InChI is InChI=1S/C7H8ClNO/c1-2-9-4-3-6(8)7(9)5-10/h3-5H,2H2,1H3. The molecule has 0 spiro atoms. The number of hydrogen-bond donors (Lipinski definition) is 0. The van der Waals surface area contributed by atoms with Gasteiger partial charge in [-0.3, -0.25) is 4.79 Å². The van der Waals surface area contributed by atoms with Crippen LogP contribution in [0.5, 0.6) is 0 Å². The van der Waals surface area contributed by atoms with Gasteiger partial charge in [-0.2, -0.15) is 0 Å². The lowest BCUT2D eigenvalue weighted by atomic mass is 10.5. The molecular weight excluding hydrogens is 150 g/mol. The Bertz CT molecular complexity index is 242. The third kappa shape index (κ3) is 1.07. The van der Waals surface area contributed by atoms with Crippen LogP contribution in [0.25, 0.3) is 0 Å². The Hall–Kier alpha value is -0.760. The second-order valence-electron chi connectivity index (χ2n) is 1.95. The summed E-state index contributed by atoms with van der Waals surface area (Å²) < 4.78 is 1.80. The molecule has 0 radical (unpaired) electrons. The van der Waals surface area contributed by atoms with Crippen LogP contribution in [0, 0.1) is 0 Å². The first-order chi connectivity index (χ1) is 4.79. The van der Waals surface area contributed by atoms with Crippen molar-refractivity contribution >= 4 is 17.9 Å². The summed E-state index contributed by atoms with van der Waals surface area (Å²) in [6.45, 7) is 2.74. The number of halogens is 1. The van der Waals surface area contributed by atoms with Gasteiger partial charge in [-0.1, -0.05) is 11.6 Å². The maximum absolute atomic E-state index is 10.4. The van der Waals surface area contributed by atoms with Gasteiger partial charge in [0.25, 0.3) is 0 Å². The maximum Gasteiger partial charge on any atom is 0.167 e. The van der Waals surface area contributed by atoms with E-state index < -0.39 is 0 Å². The van der Waals surface area contributed by atoms with Crippen LogP contribution < -0.4 is 0 Å². The number of aldehydes is 1. The molecule has 54 valence electrons. The third-order valence-corrected chi connectivity index (χ3v) is 1.73. The molecule has 1 rings (SSSR count). The number of rotatable bonds is 2. The summed E-state index contributed by atoms with van der Waals surface area (Å²) in [7, 11) is 0. The summed E-state index contributed by atoms with van der Waals surface area (Å²) in [5.74, 6) is 0. The van der Waals surface area contributed by atoms with Gasteiger partial charge in [-0.15, -0.1) is 0 Å². The van der Waals surface area contributed by atoms with Crippen molar-refractivity contribution in [2.75, 3.05) is 0 Å². The molecule has 0 saturated carbocycles. The smallest absolute Gasteiger partial charge is 0.167 e. The van der Waals surface area contributed by atoms with Gasteiger partial charge in [-0.05, 0) is 13.0 Å². The minimum absolute atomic E-state index is 0.525. The fraction of sp³-hybridized carbons (Fsp3) is 0.286. The van der Waals surface area contributed by atoms with E-state index in [1.165, 1.54) is 0 Å². The molecule has 2 nitrogen and oxygen atoms in total. The van der Waals surface area contributed by atoms with Crippen LogP contribution in [-0.2, 0) is 6.54 Å². The molecule has 0 aliphatic heterocycles. The number of nitrogens with zero attached hydrogens (tertiary/aromatic N) is 1. The first-order valence-electron chi connectivity index (χ1n) is 3.09. The summed E-state index contributed by atoms with van der Waals surface area (Å²) in [6, 6.07) is 1.72. The zero-order valence-corrected chi connectivity index (χ0v) is 6.43. The number of carbonyl (C=O) groups excluding carboxylic acids is 1. The SMILES string of the molecule is CCn1ccc(Cl)c1C=O. The van der Waals surface area contributed by atoms with E-state index in [2.05, 4.69) is 0 Å². The van der Waals surface area contributed by atoms with Gasteiger partial charge in [0, 0.05) is 12.7 Å². The van der Waals surface area contributed by atoms with E-state index in [0.717, 1.165) is 12.8 Å². The minimum Gasteiger partial charge on any atom is -0.344 e. The van der Waals surface area contributed by atoms with Crippen molar-refractivity contribution in [3.05, 3.63) is 23.0 Å². The molecule has 10 heavy (non-hydrogen) atoms. The highest BCUT2D eigenvalue weighted by molar-refractivity contribution is 6.32. The number of carbonyl (C=O) groups is 1. The van der Waals surface area contributed by atoms with Crippen LogP contribution in [-0.4, -0.2) is 10.9 Å². The van der Waals surface area contributed by atoms with E-state index in [-0.39, 0.29) is 0 Å². The van der Waals surface area contributed by atoms with Crippen LogP contribution in [0.1, 0.15) is 17.4 Å². The Balaban J connectivity index is 3.12. The molecule has 0 N–H and O–H groups in total. The highest BCUT2D eigenvalue weighted by Gasteiger charge is 2.02. The fourth-order valence-electron chi connectivity index (χ4n) is 0.858. The fourth-order valence-corrected chi connectivity index (χ4v) is 1.07. The number of hydrogen-bond acceptors (Lipinski definition) is 1. The van der Waals surface area contributed by atoms with E-state index in [1.54, 1.807) is 16.8 Å². The molecular formula is C7H8ClNO. The molecule has 0 bridgehead atoms. The van der Waals surface area contributed by atoms with Crippen LogP contribution in [0.4, 0.5) is 0 Å². The van der Waals surface area contributed by atoms with Gasteiger partial charge < -0.3 is 4.57 Å². The van der Waals surface area contributed by atoms with Gasteiger partial charge in [0.2, 0.25) is 0 Å².